The van der Waals surface area contributed by atoms with Crippen LogP contribution < -0.4 is 16.4 Å². The second-order valence-electron chi connectivity index (χ2n) is 4.23. The summed E-state index contributed by atoms with van der Waals surface area (Å²) in [6.45, 7) is 2.96. The average molecular weight is 271 g/mol. The molecule has 2 rings (SSSR count). The summed E-state index contributed by atoms with van der Waals surface area (Å²) in [5, 5.41) is 13.7. The highest BCUT2D eigenvalue weighted by atomic mass is 16.1. The zero-order chi connectivity index (χ0) is 14.4. The molecule has 1 amide bonds. The van der Waals surface area contributed by atoms with Gasteiger partial charge in [-0.15, -0.1) is 0 Å². The fourth-order valence-electron chi connectivity index (χ4n) is 1.73. The summed E-state index contributed by atoms with van der Waals surface area (Å²) in [6, 6.07) is 8.83. The van der Waals surface area contributed by atoms with Gasteiger partial charge in [-0.05, 0) is 37.3 Å². The third kappa shape index (κ3) is 3.44. The highest BCUT2D eigenvalue weighted by Crippen LogP contribution is 2.20. The number of carbonyl (C=O) groups excluding carboxylic acids is 1. The van der Waals surface area contributed by atoms with Crippen molar-refractivity contribution in [3.8, 4) is 0 Å². The Morgan fingerprint density at radius 2 is 2.20 bits per heavy atom. The van der Waals surface area contributed by atoms with Crippen LogP contribution in [0.5, 0.6) is 0 Å². The molecule has 0 saturated heterocycles. The van der Waals surface area contributed by atoms with Crippen molar-refractivity contribution >= 4 is 17.3 Å². The normalized spacial score (nSPS) is 10.1. The number of nitrogen functional groups attached to an aromatic ring is 1. The lowest BCUT2D eigenvalue weighted by atomic mass is 10.1. The summed E-state index contributed by atoms with van der Waals surface area (Å²) in [5.74, 6) is -0.116. The summed E-state index contributed by atoms with van der Waals surface area (Å²) in [6.07, 6.45) is 1.62. The predicted molar refractivity (Wildman–Crippen MR) is 78.2 cm³/mol. The molecule has 4 N–H and O–H groups in total. The van der Waals surface area contributed by atoms with Gasteiger partial charge in [-0.2, -0.15) is 10.2 Å². The lowest BCUT2D eigenvalue weighted by molar-refractivity contribution is 0.0956. The Bertz CT molecular complexity index is 585. The summed E-state index contributed by atoms with van der Waals surface area (Å²) in [5.41, 5.74) is 8.56. The van der Waals surface area contributed by atoms with E-state index in [1.807, 2.05) is 19.1 Å². The highest BCUT2D eigenvalue weighted by Gasteiger charge is 2.07. The molecule has 0 aliphatic rings. The van der Waals surface area contributed by atoms with Gasteiger partial charge in [0, 0.05) is 18.3 Å². The number of hydrogen-bond donors (Lipinski definition) is 3. The monoisotopic (exact) mass is 271 g/mol. The topological polar surface area (TPSA) is 92.9 Å². The molecule has 0 unspecified atom stereocenters. The average Bonchev–Trinajstić information content (AvgIpc) is 2.47. The molecule has 6 heteroatoms. The molecule has 0 saturated carbocycles. The third-order valence-corrected chi connectivity index (χ3v) is 2.74. The van der Waals surface area contributed by atoms with Crippen molar-refractivity contribution in [3.63, 3.8) is 0 Å². The molecular weight excluding hydrogens is 254 g/mol. The number of nitrogens with two attached hydrogens (primary N) is 1. The fraction of sp³-hybridized carbons (Fsp3) is 0.214. The maximum absolute atomic E-state index is 11.8. The maximum Gasteiger partial charge on any atom is 0.251 e. The highest BCUT2D eigenvalue weighted by molar-refractivity contribution is 5.96. The first-order valence-corrected chi connectivity index (χ1v) is 6.39. The van der Waals surface area contributed by atoms with E-state index in [2.05, 4.69) is 20.8 Å². The van der Waals surface area contributed by atoms with E-state index in [1.54, 1.807) is 24.4 Å². The standard InChI is InChI=1S/C14H17N5O/c1-2-16-14(20)10-5-6-12(15)13(8-10)17-9-11-4-3-7-18-19-11/h3-8,17H,2,9,15H2,1H3,(H,16,20). The minimum Gasteiger partial charge on any atom is -0.397 e. The SMILES string of the molecule is CCNC(=O)c1ccc(N)c(NCc2cccnn2)c1. The number of amides is 1. The van der Waals surface area contributed by atoms with Gasteiger partial charge in [0.25, 0.3) is 5.91 Å². The second kappa shape index (κ2) is 6.51. The van der Waals surface area contributed by atoms with E-state index in [9.17, 15) is 4.79 Å². The van der Waals surface area contributed by atoms with E-state index in [1.165, 1.54) is 0 Å². The van der Waals surface area contributed by atoms with Crippen LogP contribution in [-0.2, 0) is 6.54 Å². The first-order valence-electron chi connectivity index (χ1n) is 6.39. The van der Waals surface area contributed by atoms with Crippen molar-refractivity contribution in [3.05, 3.63) is 47.8 Å². The molecule has 0 aliphatic heterocycles. The first-order chi connectivity index (χ1) is 9.70. The first kappa shape index (κ1) is 13.8. The Hall–Kier alpha value is -2.63. The van der Waals surface area contributed by atoms with Gasteiger partial charge in [-0.25, -0.2) is 0 Å². The molecule has 0 bridgehead atoms. The van der Waals surface area contributed by atoms with Gasteiger partial charge in [-0.1, -0.05) is 0 Å². The van der Waals surface area contributed by atoms with Crippen molar-refractivity contribution in [1.82, 2.24) is 15.5 Å². The molecule has 1 aromatic carbocycles. The number of aromatic nitrogens is 2. The van der Waals surface area contributed by atoms with Crippen LogP contribution in [0.25, 0.3) is 0 Å². The van der Waals surface area contributed by atoms with Gasteiger partial charge in [0.15, 0.2) is 0 Å². The van der Waals surface area contributed by atoms with E-state index < -0.39 is 0 Å². The molecular formula is C14H17N5O. The molecule has 20 heavy (non-hydrogen) atoms. The van der Waals surface area contributed by atoms with E-state index in [-0.39, 0.29) is 5.91 Å². The minimum atomic E-state index is -0.116. The Balaban J connectivity index is 2.10. The summed E-state index contributed by atoms with van der Waals surface area (Å²) >= 11 is 0. The fourth-order valence-corrected chi connectivity index (χ4v) is 1.73. The van der Waals surface area contributed by atoms with Crippen LogP contribution in [0.3, 0.4) is 0 Å². The Morgan fingerprint density at radius 1 is 1.35 bits per heavy atom. The van der Waals surface area contributed by atoms with Gasteiger partial charge >= 0.3 is 0 Å². The Kier molecular flexibility index (Phi) is 4.49. The van der Waals surface area contributed by atoms with Crippen LogP contribution >= 0.6 is 0 Å². The number of benzene rings is 1. The molecule has 0 aliphatic carbocycles. The molecule has 104 valence electrons. The van der Waals surface area contributed by atoms with Gasteiger partial charge in [-0.3, -0.25) is 4.79 Å². The van der Waals surface area contributed by atoms with Gasteiger partial charge in [0.05, 0.1) is 23.6 Å². The summed E-state index contributed by atoms with van der Waals surface area (Å²) in [7, 11) is 0. The van der Waals surface area contributed by atoms with Gasteiger partial charge in [0.2, 0.25) is 0 Å². The van der Waals surface area contributed by atoms with Crippen LogP contribution in [0.1, 0.15) is 23.0 Å². The van der Waals surface area contributed by atoms with Crippen LogP contribution in [-0.4, -0.2) is 22.6 Å². The van der Waals surface area contributed by atoms with E-state index in [4.69, 9.17) is 5.73 Å². The second-order valence-corrected chi connectivity index (χ2v) is 4.23. The lowest BCUT2D eigenvalue weighted by Crippen LogP contribution is -2.22. The lowest BCUT2D eigenvalue weighted by Gasteiger charge is -2.10. The number of nitrogens with one attached hydrogen (secondary N) is 2. The molecule has 0 radical (unpaired) electrons. The van der Waals surface area contributed by atoms with Crippen molar-refractivity contribution in [2.45, 2.75) is 13.5 Å². The Labute approximate surface area is 117 Å². The Morgan fingerprint density at radius 3 is 2.90 bits per heavy atom. The van der Waals surface area contributed by atoms with Crippen LogP contribution in [0.4, 0.5) is 11.4 Å². The maximum atomic E-state index is 11.8. The zero-order valence-electron chi connectivity index (χ0n) is 11.3. The van der Waals surface area contributed by atoms with Crippen molar-refractivity contribution in [2.75, 3.05) is 17.6 Å². The predicted octanol–water partition coefficient (Wildman–Crippen LogP) is 1.42. The zero-order valence-corrected chi connectivity index (χ0v) is 11.3. The molecule has 1 heterocycles. The van der Waals surface area contributed by atoms with Crippen molar-refractivity contribution in [2.24, 2.45) is 0 Å². The van der Waals surface area contributed by atoms with Gasteiger partial charge < -0.3 is 16.4 Å². The molecule has 6 nitrogen and oxygen atoms in total. The number of anilines is 2. The van der Waals surface area contributed by atoms with Crippen LogP contribution in [0.15, 0.2) is 36.5 Å². The number of hydrogen-bond acceptors (Lipinski definition) is 5. The molecule has 0 fully saturated rings. The van der Waals surface area contributed by atoms with E-state index in [0.29, 0.717) is 30.0 Å². The number of carbonyl (C=O) groups is 1. The quantitative estimate of drug-likeness (QED) is 0.715. The molecule has 0 atom stereocenters. The summed E-state index contributed by atoms with van der Waals surface area (Å²) in [4.78, 5) is 11.8. The van der Waals surface area contributed by atoms with Crippen molar-refractivity contribution < 1.29 is 4.79 Å². The van der Waals surface area contributed by atoms with Gasteiger partial charge in [0.1, 0.15) is 0 Å². The van der Waals surface area contributed by atoms with Crippen LogP contribution in [0.2, 0.25) is 0 Å². The number of rotatable bonds is 5. The molecule has 0 spiro atoms. The van der Waals surface area contributed by atoms with Crippen molar-refractivity contribution in [1.29, 1.82) is 0 Å². The molecule has 1 aromatic heterocycles. The minimum absolute atomic E-state index is 0.116. The van der Waals surface area contributed by atoms with Crippen LogP contribution in [0, 0.1) is 0 Å². The smallest absolute Gasteiger partial charge is 0.251 e. The molecule has 2 aromatic rings. The van der Waals surface area contributed by atoms with E-state index in [0.717, 1.165) is 5.69 Å². The summed E-state index contributed by atoms with van der Waals surface area (Å²) < 4.78 is 0. The largest absolute Gasteiger partial charge is 0.397 e. The number of nitrogens with zero attached hydrogens (tertiary/aromatic N) is 2. The third-order valence-electron chi connectivity index (χ3n) is 2.74. The van der Waals surface area contributed by atoms with E-state index >= 15 is 0 Å².